The molecule has 3 heterocycles. The molecule has 8 heteroatoms. The summed E-state index contributed by atoms with van der Waals surface area (Å²) in [4.78, 5) is 26.2. The van der Waals surface area contributed by atoms with E-state index in [1.165, 1.54) is 7.05 Å². The van der Waals surface area contributed by atoms with Gasteiger partial charge in [-0.1, -0.05) is 51.8 Å². The van der Waals surface area contributed by atoms with Gasteiger partial charge in [-0.2, -0.15) is 0 Å². The second-order valence-electron chi connectivity index (χ2n) is 7.62. The number of hydrogen-bond acceptors (Lipinski definition) is 3. The summed E-state index contributed by atoms with van der Waals surface area (Å²) in [5, 5.41) is 1.13. The summed E-state index contributed by atoms with van der Waals surface area (Å²) in [6, 6.07) is 15.3. The van der Waals surface area contributed by atoms with Crippen LogP contribution in [0.3, 0.4) is 0 Å². The van der Waals surface area contributed by atoms with E-state index < -0.39 is 6.10 Å². The van der Waals surface area contributed by atoms with E-state index in [4.69, 9.17) is 16.3 Å². The summed E-state index contributed by atoms with van der Waals surface area (Å²) in [5.41, 5.74) is 3.33. The van der Waals surface area contributed by atoms with Gasteiger partial charge >= 0.3 is 5.69 Å². The van der Waals surface area contributed by atoms with Gasteiger partial charge < -0.3 is 9.30 Å². The Hall–Kier alpha value is -2.61. The molecular weight excluding hydrogens is 482 g/mol. The summed E-state index contributed by atoms with van der Waals surface area (Å²) in [5.74, 6) is 0. The molecule has 0 N–H and O–H groups in total. The van der Waals surface area contributed by atoms with Gasteiger partial charge in [0.25, 0.3) is 5.56 Å². The van der Waals surface area contributed by atoms with Gasteiger partial charge in [0.1, 0.15) is 6.10 Å². The molecule has 0 spiro atoms. The highest BCUT2D eigenvalue weighted by atomic mass is 79.9. The third-order valence-corrected chi connectivity index (χ3v) is 6.62. The molecule has 0 aliphatic carbocycles. The SMILES string of the molecule is Cn1c(=O)c2c(-c3ccc(Cl)cc3)n3c(c2n(C)c1=O)[C@H](c1ccc(Br)cc1)OCC3. The van der Waals surface area contributed by atoms with E-state index in [9.17, 15) is 9.59 Å². The minimum Gasteiger partial charge on any atom is -0.365 e. The number of hydrogen-bond donors (Lipinski definition) is 0. The molecule has 0 saturated heterocycles. The Morgan fingerprint density at radius 3 is 2.35 bits per heavy atom. The summed E-state index contributed by atoms with van der Waals surface area (Å²) in [6.07, 6.45) is -0.400. The zero-order chi connectivity index (χ0) is 21.9. The molecular formula is C23H19BrClN3O3. The van der Waals surface area contributed by atoms with Crippen LogP contribution in [0.25, 0.3) is 22.2 Å². The van der Waals surface area contributed by atoms with Crippen molar-refractivity contribution in [2.24, 2.45) is 14.1 Å². The molecule has 1 aliphatic rings. The van der Waals surface area contributed by atoms with Crippen LogP contribution in [0, 0.1) is 0 Å². The molecule has 4 aromatic rings. The third-order valence-electron chi connectivity index (χ3n) is 5.84. The average Bonchev–Trinajstić information content (AvgIpc) is 3.13. The number of fused-ring (bicyclic) bond motifs is 3. The van der Waals surface area contributed by atoms with Crippen LogP contribution in [0.4, 0.5) is 0 Å². The van der Waals surface area contributed by atoms with Gasteiger partial charge in [0.15, 0.2) is 0 Å². The highest BCUT2D eigenvalue weighted by molar-refractivity contribution is 9.10. The maximum Gasteiger partial charge on any atom is 0.331 e. The largest absolute Gasteiger partial charge is 0.365 e. The normalized spacial score (nSPS) is 15.9. The van der Waals surface area contributed by atoms with Crippen LogP contribution in [0.15, 0.2) is 62.6 Å². The highest BCUT2D eigenvalue weighted by Crippen LogP contribution is 2.40. The molecule has 0 unspecified atom stereocenters. The van der Waals surface area contributed by atoms with Crippen LogP contribution in [-0.2, 0) is 25.4 Å². The number of aryl methyl sites for hydroxylation is 1. The van der Waals surface area contributed by atoms with Gasteiger partial charge in [0.2, 0.25) is 0 Å². The van der Waals surface area contributed by atoms with Crippen LogP contribution in [0.5, 0.6) is 0 Å². The second kappa shape index (κ2) is 7.51. The number of halogens is 2. The molecule has 2 aromatic heterocycles. The van der Waals surface area contributed by atoms with Crippen molar-refractivity contribution < 1.29 is 4.74 Å². The van der Waals surface area contributed by atoms with Gasteiger partial charge in [-0.3, -0.25) is 13.9 Å². The first-order chi connectivity index (χ1) is 14.9. The fraction of sp³-hybridized carbons (Fsp3) is 0.217. The Kier molecular flexibility index (Phi) is 4.92. The summed E-state index contributed by atoms with van der Waals surface area (Å²) >= 11 is 9.59. The molecule has 1 aliphatic heterocycles. The van der Waals surface area contributed by atoms with Crippen LogP contribution < -0.4 is 11.2 Å². The van der Waals surface area contributed by atoms with Crippen molar-refractivity contribution >= 4 is 38.4 Å². The van der Waals surface area contributed by atoms with Crippen molar-refractivity contribution in [3.8, 4) is 11.3 Å². The van der Waals surface area contributed by atoms with Crippen molar-refractivity contribution in [2.45, 2.75) is 12.6 Å². The van der Waals surface area contributed by atoms with Crippen LogP contribution >= 0.6 is 27.5 Å². The van der Waals surface area contributed by atoms with Crippen molar-refractivity contribution in [1.82, 2.24) is 13.7 Å². The number of rotatable bonds is 2. The maximum atomic E-state index is 13.3. The van der Waals surface area contributed by atoms with E-state index in [1.54, 1.807) is 23.7 Å². The lowest BCUT2D eigenvalue weighted by atomic mass is 10.0. The van der Waals surface area contributed by atoms with Gasteiger partial charge in [0, 0.05) is 30.1 Å². The molecule has 6 nitrogen and oxygen atoms in total. The van der Waals surface area contributed by atoms with Crippen LogP contribution in [0.2, 0.25) is 5.02 Å². The van der Waals surface area contributed by atoms with E-state index in [2.05, 4.69) is 20.5 Å². The minimum absolute atomic E-state index is 0.320. The highest BCUT2D eigenvalue weighted by Gasteiger charge is 2.33. The zero-order valence-electron chi connectivity index (χ0n) is 16.9. The van der Waals surface area contributed by atoms with E-state index in [-0.39, 0.29) is 11.2 Å². The van der Waals surface area contributed by atoms with E-state index in [1.807, 2.05) is 36.4 Å². The Morgan fingerprint density at radius 2 is 1.68 bits per heavy atom. The first-order valence-electron chi connectivity index (χ1n) is 9.83. The maximum absolute atomic E-state index is 13.3. The summed E-state index contributed by atoms with van der Waals surface area (Å²) in [7, 11) is 3.21. The second-order valence-corrected chi connectivity index (χ2v) is 8.98. The molecule has 0 bridgehead atoms. The Morgan fingerprint density at radius 1 is 1.00 bits per heavy atom. The number of aromatic nitrogens is 3. The molecule has 0 fully saturated rings. The first kappa shape index (κ1) is 20.3. The average molecular weight is 501 g/mol. The molecule has 0 radical (unpaired) electrons. The molecule has 158 valence electrons. The molecule has 2 aromatic carbocycles. The standard InChI is InChI=1S/C23H19BrClN3O3/c1-26-19-17(22(29)27(2)23(26)30)18(13-5-9-16(25)10-6-13)28-11-12-31-21(20(19)28)14-3-7-15(24)8-4-14/h3-10,21H,11-12H2,1-2H3/t21-/m0/s1. The molecule has 31 heavy (non-hydrogen) atoms. The molecule has 0 amide bonds. The van der Waals surface area contributed by atoms with Gasteiger partial charge in [0.05, 0.1) is 28.9 Å². The lowest BCUT2D eigenvalue weighted by Gasteiger charge is -2.27. The third kappa shape index (κ3) is 3.11. The number of ether oxygens (including phenoxy) is 1. The van der Waals surface area contributed by atoms with E-state index in [0.29, 0.717) is 29.1 Å². The number of nitrogens with zero attached hydrogens (tertiary/aromatic N) is 3. The van der Waals surface area contributed by atoms with Crippen LogP contribution in [-0.4, -0.2) is 20.3 Å². The zero-order valence-corrected chi connectivity index (χ0v) is 19.3. The van der Waals surface area contributed by atoms with Gasteiger partial charge in [-0.05, 0) is 35.4 Å². The van der Waals surface area contributed by atoms with Crippen molar-refractivity contribution in [1.29, 1.82) is 0 Å². The van der Waals surface area contributed by atoms with E-state index >= 15 is 0 Å². The fourth-order valence-electron chi connectivity index (χ4n) is 4.38. The predicted molar refractivity (Wildman–Crippen MR) is 125 cm³/mol. The van der Waals surface area contributed by atoms with E-state index in [0.717, 1.165) is 31.6 Å². The van der Waals surface area contributed by atoms with Crippen LogP contribution in [0.1, 0.15) is 17.4 Å². The Bertz CT molecular complexity index is 1430. The van der Waals surface area contributed by atoms with Crippen molar-refractivity contribution in [2.75, 3.05) is 6.61 Å². The summed E-state index contributed by atoms with van der Waals surface area (Å²) in [6.45, 7) is 1.07. The molecule has 0 saturated carbocycles. The lowest BCUT2D eigenvalue weighted by Crippen LogP contribution is -2.37. The van der Waals surface area contributed by atoms with Crippen molar-refractivity contribution in [3.63, 3.8) is 0 Å². The van der Waals surface area contributed by atoms with Gasteiger partial charge in [-0.25, -0.2) is 4.79 Å². The molecule has 5 rings (SSSR count). The first-order valence-corrected chi connectivity index (χ1v) is 11.0. The monoisotopic (exact) mass is 499 g/mol. The topological polar surface area (TPSA) is 58.2 Å². The molecule has 1 atom stereocenters. The lowest BCUT2D eigenvalue weighted by molar-refractivity contribution is 0.0478. The minimum atomic E-state index is -0.400. The Labute approximate surface area is 191 Å². The fourth-order valence-corrected chi connectivity index (χ4v) is 4.77. The quantitative estimate of drug-likeness (QED) is 0.414. The summed E-state index contributed by atoms with van der Waals surface area (Å²) < 4.78 is 12.0. The van der Waals surface area contributed by atoms with Crippen molar-refractivity contribution in [3.05, 3.63) is 90.1 Å². The number of benzene rings is 2. The van der Waals surface area contributed by atoms with Gasteiger partial charge in [-0.15, -0.1) is 0 Å². The smallest absolute Gasteiger partial charge is 0.331 e. The Balaban J connectivity index is 1.93. The predicted octanol–water partition coefficient (Wildman–Crippen LogP) is 4.24.